The van der Waals surface area contributed by atoms with Gasteiger partial charge in [-0.05, 0) is 38.8 Å². The number of anilines is 1. The maximum atomic E-state index is 12.2. The van der Waals surface area contributed by atoms with Crippen LogP contribution in [0.1, 0.15) is 26.7 Å². The Morgan fingerprint density at radius 1 is 1.48 bits per heavy atom. The van der Waals surface area contributed by atoms with Gasteiger partial charge in [-0.3, -0.25) is 0 Å². The van der Waals surface area contributed by atoms with Gasteiger partial charge in [0.25, 0.3) is 0 Å². The molecular formula is C16H23NO4. The zero-order chi connectivity index (χ0) is 15.2. The van der Waals surface area contributed by atoms with Crippen LogP contribution in [0.15, 0.2) is 24.3 Å². The monoisotopic (exact) mass is 293 g/mol. The lowest BCUT2D eigenvalue weighted by atomic mass is 10.1. The molecule has 0 saturated carbocycles. The van der Waals surface area contributed by atoms with E-state index in [1.807, 2.05) is 31.2 Å². The van der Waals surface area contributed by atoms with Crippen molar-refractivity contribution >= 4 is 11.7 Å². The van der Waals surface area contributed by atoms with E-state index in [1.165, 1.54) is 0 Å². The van der Waals surface area contributed by atoms with E-state index in [2.05, 4.69) is 5.32 Å². The van der Waals surface area contributed by atoms with Gasteiger partial charge in [0.15, 0.2) is 6.04 Å². The third-order valence-electron chi connectivity index (χ3n) is 3.57. The first-order valence-electron chi connectivity index (χ1n) is 7.36. The average Bonchev–Trinajstić information content (AvgIpc) is 2.91. The highest BCUT2D eigenvalue weighted by Gasteiger charge is 2.35. The van der Waals surface area contributed by atoms with E-state index >= 15 is 0 Å². The van der Waals surface area contributed by atoms with Crippen LogP contribution in [-0.2, 0) is 14.3 Å². The second kappa shape index (κ2) is 7.31. The fraction of sp³-hybridized carbons (Fsp3) is 0.562. The number of hydrogen-bond donors (Lipinski definition) is 1. The molecule has 0 radical (unpaired) electrons. The third kappa shape index (κ3) is 4.11. The number of carbonyl (C=O) groups is 1. The highest BCUT2D eigenvalue weighted by molar-refractivity contribution is 5.80. The molecule has 1 N–H and O–H groups in total. The van der Waals surface area contributed by atoms with Gasteiger partial charge in [-0.2, -0.15) is 0 Å². The first-order valence-corrected chi connectivity index (χ1v) is 7.36. The highest BCUT2D eigenvalue weighted by Crippen LogP contribution is 2.26. The van der Waals surface area contributed by atoms with E-state index < -0.39 is 6.04 Å². The summed E-state index contributed by atoms with van der Waals surface area (Å²) in [6, 6.07) is 6.99. The van der Waals surface area contributed by atoms with Crippen LogP contribution in [0.25, 0.3) is 0 Å². The summed E-state index contributed by atoms with van der Waals surface area (Å²) in [5.41, 5.74) is 0.815. The van der Waals surface area contributed by atoms with Crippen molar-refractivity contribution in [3.8, 4) is 5.75 Å². The SMILES string of the molecule is CCOC(=O)C(Nc1cccc(OC)c1)C1CCC(C)O1. The van der Waals surface area contributed by atoms with Gasteiger partial charge in [0.1, 0.15) is 5.75 Å². The maximum absolute atomic E-state index is 12.2. The van der Waals surface area contributed by atoms with E-state index in [9.17, 15) is 4.79 Å². The zero-order valence-corrected chi connectivity index (χ0v) is 12.8. The molecule has 1 saturated heterocycles. The van der Waals surface area contributed by atoms with Crippen molar-refractivity contribution in [1.29, 1.82) is 0 Å². The summed E-state index contributed by atoms with van der Waals surface area (Å²) in [5, 5.41) is 3.22. The Bertz CT molecular complexity index is 477. The molecule has 3 atom stereocenters. The van der Waals surface area contributed by atoms with Crippen molar-refractivity contribution in [3.63, 3.8) is 0 Å². The van der Waals surface area contributed by atoms with Crippen LogP contribution in [0.4, 0.5) is 5.69 Å². The molecule has 0 bridgehead atoms. The van der Waals surface area contributed by atoms with E-state index in [0.717, 1.165) is 24.3 Å². The van der Waals surface area contributed by atoms with Gasteiger partial charge in [0, 0.05) is 11.8 Å². The van der Waals surface area contributed by atoms with Crippen molar-refractivity contribution in [2.45, 2.75) is 44.9 Å². The van der Waals surface area contributed by atoms with Gasteiger partial charge < -0.3 is 19.5 Å². The summed E-state index contributed by atoms with van der Waals surface area (Å²) < 4.78 is 16.2. The van der Waals surface area contributed by atoms with E-state index in [1.54, 1.807) is 14.0 Å². The lowest BCUT2D eigenvalue weighted by molar-refractivity contribution is -0.147. The Labute approximate surface area is 125 Å². The van der Waals surface area contributed by atoms with Gasteiger partial charge in [0.2, 0.25) is 0 Å². The number of carbonyl (C=O) groups excluding carboxylic acids is 1. The molecule has 1 aliphatic rings. The van der Waals surface area contributed by atoms with Crippen molar-refractivity contribution < 1.29 is 19.0 Å². The Morgan fingerprint density at radius 2 is 2.29 bits per heavy atom. The van der Waals surface area contributed by atoms with Crippen molar-refractivity contribution in [2.75, 3.05) is 19.0 Å². The number of hydrogen-bond acceptors (Lipinski definition) is 5. The standard InChI is InChI=1S/C16H23NO4/c1-4-20-16(18)15(14-9-8-11(2)21-14)17-12-6-5-7-13(10-12)19-3/h5-7,10-11,14-15,17H,4,8-9H2,1-3H3. The van der Waals surface area contributed by atoms with Gasteiger partial charge in [-0.1, -0.05) is 6.07 Å². The minimum absolute atomic E-state index is 0.162. The molecule has 1 aromatic rings. The fourth-order valence-corrected chi connectivity index (χ4v) is 2.51. The molecule has 1 aliphatic heterocycles. The molecule has 5 heteroatoms. The Morgan fingerprint density at radius 3 is 2.90 bits per heavy atom. The topological polar surface area (TPSA) is 56.8 Å². The molecule has 1 aromatic carbocycles. The van der Waals surface area contributed by atoms with Gasteiger partial charge in [-0.25, -0.2) is 4.79 Å². The molecule has 0 aromatic heterocycles. The van der Waals surface area contributed by atoms with Gasteiger partial charge >= 0.3 is 5.97 Å². The lowest BCUT2D eigenvalue weighted by Crippen LogP contribution is -2.42. The number of nitrogens with one attached hydrogen (secondary N) is 1. The molecular weight excluding hydrogens is 270 g/mol. The molecule has 1 fully saturated rings. The molecule has 0 spiro atoms. The van der Waals surface area contributed by atoms with Crippen LogP contribution in [0.2, 0.25) is 0 Å². The van der Waals surface area contributed by atoms with E-state index in [4.69, 9.17) is 14.2 Å². The van der Waals surface area contributed by atoms with Gasteiger partial charge in [-0.15, -0.1) is 0 Å². The number of rotatable bonds is 6. The predicted molar refractivity (Wildman–Crippen MR) is 80.6 cm³/mol. The van der Waals surface area contributed by atoms with Crippen molar-refractivity contribution in [2.24, 2.45) is 0 Å². The molecule has 21 heavy (non-hydrogen) atoms. The smallest absolute Gasteiger partial charge is 0.331 e. The Kier molecular flexibility index (Phi) is 5.44. The van der Waals surface area contributed by atoms with Crippen LogP contribution in [0, 0.1) is 0 Å². The fourth-order valence-electron chi connectivity index (χ4n) is 2.51. The Balaban J connectivity index is 2.12. The van der Waals surface area contributed by atoms with Crippen LogP contribution >= 0.6 is 0 Å². The molecule has 3 unspecified atom stereocenters. The molecule has 116 valence electrons. The second-order valence-corrected chi connectivity index (χ2v) is 5.17. The Hall–Kier alpha value is -1.75. The lowest BCUT2D eigenvalue weighted by Gasteiger charge is -2.24. The molecule has 0 amide bonds. The third-order valence-corrected chi connectivity index (χ3v) is 3.57. The first kappa shape index (κ1) is 15.6. The van der Waals surface area contributed by atoms with Crippen LogP contribution in [-0.4, -0.2) is 37.9 Å². The van der Waals surface area contributed by atoms with Crippen LogP contribution < -0.4 is 10.1 Å². The second-order valence-electron chi connectivity index (χ2n) is 5.17. The average molecular weight is 293 g/mol. The first-order chi connectivity index (χ1) is 10.1. The van der Waals surface area contributed by atoms with Crippen molar-refractivity contribution in [3.05, 3.63) is 24.3 Å². The quantitative estimate of drug-likeness (QED) is 0.817. The van der Waals surface area contributed by atoms with Crippen molar-refractivity contribution in [1.82, 2.24) is 0 Å². The minimum Gasteiger partial charge on any atom is -0.497 e. The van der Waals surface area contributed by atoms with Crippen LogP contribution in [0.5, 0.6) is 5.75 Å². The summed E-state index contributed by atoms with van der Waals surface area (Å²) in [6.45, 7) is 4.18. The maximum Gasteiger partial charge on any atom is 0.331 e. The molecule has 0 aliphatic carbocycles. The normalized spacial score (nSPS) is 22.6. The number of esters is 1. The molecule has 1 heterocycles. The number of methoxy groups -OCH3 is 1. The highest BCUT2D eigenvalue weighted by atomic mass is 16.5. The summed E-state index contributed by atoms with van der Waals surface area (Å²) in [5.74, 6) is 0.461. The predicted octanol–water partition coefficient (Wildman–Crippen LogP) is 2.61. The van der Waals surface area contributed by atoms with E-state index in [-0.39, 0.29) is 18.2 Å². The molecule has 5 nitrogen and oxygen atoms in total. The summed E-state index contributed by atoms with van der Waals surface area (Å²) in [4.78, 5) is 12.2. The number of benzene rings is 1. The van der Waals surface area contributed by atoms with Gasteiger partial charge in [0.05, 0.1) is 25.9 Å². The molecule has 2 rings (SSSR count). The zero-order valence-electron chi connectivity index (χ0n) is 12.8. The minimum atomic E-state index is -0.498. The summed E-state index contributed by atoms with van der Waals surface area (Å²) in [6.07, 6.45) is 1.83. The summed E-state index contributed by atoms with van der Waals surface area (Å²) in [7, 11) is 1.61. The van der Waals surface area contributed by atoms with E-state index in [0.29, 0.717) is 6.61 Å². The summed E-state index contributed by atoms with van der Waals surface area (Å²) >= 11 is 0. The van der Waals surface area contributed by atoms with Crippen LogP contribution in [0.3, 0.4) is 0 Å². The largest absolute Gasteiger partial charge is 0.497 e. The number of ether oxygens (including phenoxy) is 3.